The molecule has 11 heteroatoms. The lowest BCUT2D eigenvalue weighted by molar-refractivity contribution is -0.139. The molecule has 2 aromatic rings. The van der Waals surface area contributed by atoms with Crippen LogP contribution in [0.2, 0.25) is 0 Å². The number of nitrogens with zero attached hydrogens (tertiary/aromatic N) is 4. The normalized spacial score (nSPS) is 23.8. The molecule has 1 saturated carbocycles. The maximum Gasteiger partial charge on any atom is 0.420 e. The van der Waals surface area contributed by atoms with Crippen LogP contribution in [0.3, 0.4) is 0 Å². The summed E-state index contributed by atoms with van der Waals surface area (Å²) < 4.78 is 45.9. The minimum Gasteiger partial charge on any atom is -0.488 e. The van der Waals surface area contributed by atoms with E-state index in [4.69, 9.17) is 9.84 Å². The van der Waals surface area contributed by atoms with Gasteiger partial charge in [-0.15, -0.1) is 0 Å². The zero-order valence-electron chi connectivity index (χ0n) is 15.0. The fourth-order valence-corrected chi connectivity index (χ4v) is 4.07. The molecule has 2 fully saturated rings. The summed E-state index contributed by atoms with van der Waals surface area (Å²) in [6.45, 7) is 0.843. The molecular formula is C18H17F3N4O4. The van der Waals surface area contributed by atoms with Crippen molar-refractivity contribution in [1.82, 2.24) is 19.7 Å². The van der Waals surface area contributed by atoms with E-state index in [1.807, 2.05) is 0 Å². The Morgan fingerprint density at radius 1 is 1.17 bits per heavy atom. The SMILES string of the molecule is O=C(O)c1ccn(C(=O)N2C[C@H]3CC(Oc4cnccc4C(F)(F)F)C[C@H]3C2)n1. The van der Waals surface area contributed by atoms with Gasteiger partial charge < -0.3 is 14.7 Å². The molecule has 1 saturated heterocycles. The second-order valence-corrected chi connectivity index (χ2v) is 7.24. The molecule has 2 aromatic heterocycles. The van der Waals surface area contributed by atoms with Crippen LogP contribution < -0.4 is 4.74 Å². The summed E-state index contributed by atoms with van der Waals surface area (Å²) >= 11 is 0. The van der Waals surface area contributed by atoms with Crippen molar-refractivity contribution in [2.75, 3.05) is 13.1 Å². The lowest BCUT2D eigenvalue weighted by Crippen LogP contribution is -2.34. The molecule has 0 spiro atoms. The Bertz CT molecular complexity index is 931. The zero-order valence-corrected chi connectivity index (χ0v) is 15.0. The molecule has 3 heterocycles. The summed E-state index contributed by atoms with van der Waals surface area (Å²) in [6, 6.07) is 1.71. The average molecular weight is 410 g/mol. The fourth-order valence-electron chi connectivity index (χ4n) is 4.07. The average Bonchev–Trinajstić information content (AvgIpc) is 3.35. The molecule has 1 aliphatic heterocycles. The zero-order chi connectivity index (χ0) is 20.8. The van der Waals surface area contributed by atoms with Gasteiger partial charge in [-0.05, 0) is 36.8 Å². The highest BCUT2D eigenvalue weighted by Crippen LogP contribution is 2.42. The number of likely N-dealkylation sites (tertiary alicyclic amines) is 1. The smallest absolute Gasteiger partial charge is 0.420 e. The minimum atomic E-state index is -4.52. The molecule has 0 bridgehead atoms. The van der Waals surface area contributed by atoms with Crippen molar-refractivity contribution in [3.63, 3.8) is 0 Å². The van der Waals surface area contributed by atoms with Crippen LogP contribution in [0.1, 0.15) is 28.9 Å². The Labute approximate surface area is 162 Å². The number of fused-ring (bicyclic) bond motifs is 1. The van der Waals surface area contributed by atoms with Crippen molar-refractivity contribution in [2.45, 2.75) is 25.1 Å². The quantitative estimate of drug-likeness (QED) is 0.836. The van der Waals surface area contributed by atoms with E-state index in [1.54, 1.807) is 4.90 Å². The minimum absolute atomic E-state index is 0.101. The molecule has 1 aliphatic carbocycles. The van der Waals surface area contributed by atoms with E-state index in [1.165, 1.54) is 12.3 Å². The van der Waals surface area contributed by atoms with E-state index in [9.17, 15) is 22.8 Å². The van der Waals surface area contributed by atoms with Crippen LogP contribution in [0.25, 0.3) is 0 Å². The largest absolute Gasteiger partial charge is 0.488 e. The molecular weight excluding hydrogens is 393 g/mol. The Morgan fingerprint density at radius 2 is 1.86 bits per heavy atom. The highest BCUT2D eigenvalue weighted by atomic mass is 19.4. The third kappa shape index (κ3) is 3.76. The van der Waals surface area contributed by atoms with Gasteiger partial charge in [-0.2, -0.15) is 23.0 Å². The number of carboxylic acids is 1. The number of aromatic nitrogens is 3. The first-order chi connectivity index (χ1) is 13.7. The van der Waals surface area contributed by atoms with Gasteiger partial charge in [0.25, 0.3) is 0 Å². The number of carbonyl (C=O) groups is 2. The molecule has 1 unspecified atom stereocenters. The number of pyridine rings is 1. The summed E-state index contributed by atoms with van der Waals surface area (Å²) in [6.07, 6.45) is -0.393. The van der Waals surface area contributed by atoms with Gasteiger partial charge in [-0.1, -0.05) is 0 Å². The van der Waals surface area contributed by atoms with Gasteiger partial charge >= 0.3 is 18.2 Å². The first kappa shape index (κ1) is 19.2. The second kappa shape index (κ2) is 7.05. The number of rotatable bonds is 3. The lowest BCUT2D eigenvalue weighted by Gasteiger charge is -2.21. The molecule has 1 amide bonds. The number of amides is 1. The van der Waals surface area contributed by atoms with Gasteiger partial charge in [0.2, 0.25) is 0 Å². The topological polar surface area (TPSA) is 97.5 Å². The number of carboxylic acid groups (broad SMARTS) is 1. The standard InChI is InChI=1S/C18H17F3N4O4/c19-18(20,21)13-1-3-22-7-15(13)29-12-5-10-8-24(9-11(10)6-12)17(28)25-4-2-14(23-25)16(26)27/h1-4,7,10-12H,5-6,8-9H2,(H,26,27)/t10-,11+,12?. The molecule has 1 N–H and O–H groups in total. The number of hydrogen-bond acceptors (Lipinski definition) is 5. The Kier molecular flexibility index (Phi) is 4.67. The van der Waals surface area contributed by atoms with Crippen molar-refractivity contribution < 1.29 is 32.6 Å². The molecule has 29 heavy (non-hydrogen) atoms. The molecule has 0 radical (unpaired) electrons. The van der Waals surface area contributed by atoms with E-state index in [-0.39, 0.29) is 29.4 Å². The summed E-state index contributed by atoms with van der Waals surface area (Å²) in [5.74, 6) is -1.30. The molecule has 0 aromatic carbocycles. The van der Waals surface area contributed by atoms with E-state index >= 15 is 0 Å². The van der Waals surface area contributed by atoms with Crippen LogP contribution in [-0.4, -0.2) is 56.0 Å². The molecule has 4 rings (SSSR count). The van der Waals surface area contributed by atoms with Gasteiger partial charge in [-0.3, -0.25) is 4.98 Å². The summed E-state index contributed by atoms with van der Waals surface area (Å²) in [5.41, 5.74) is -1.07. The van der Waals surface area contributed by atoms with Crippen LogP contribution in [0.4, 0.5) is 18.0 Å². The number of alkyl halides is 3. The predicted molar refractivity (Wildman–Crippen MR) is 91.4 cm³/mol. The number of carbonyl (C=O) groups excluding carboxylic acids is 1. The second-order valence-electron chi connectivity index (χ2n) is 7.24. The fraction of sp³-hybridized carbons (Fsp3) is 0.444. The van der Waals surface area contributed by atoms with Gasteiger partial charge in [-0.25, -0.2) is 9.59 Å². The highest BCUT2D eigenvalue weighted by Gasteiger charge is 2.44. The molecule has 2 aliphatic rings. The van der Waals surface area contributed by atoms with Crippen LogP contribution in [0, 0.1) is 11.8 Å². The molecule has 8 nitrogen and oxygen atoms in total. The van der Waals surface area contributed by atoms with Gasteiger partial charge in [0.15, 0.2) is 5.69 Å². The summed E-state index contributed by atoms with van der Waals surface area (Å²) in [4.78, 5) is 28.7. The van der Waals surface area contributed by atoms with E-state index in [0.29, 0.717) is 25.9 Å². The van der Waals surface area contributed by atoms with Crippen molar-refractivity contribution in [2.24, 2.45) is 11.8 Å². The van der Waals surface area contributed by atoms with Gasteiger partial charge in [0.05, 0.1) is 12.3 Å². The number of ether oxygens (including phenoxy) is 1. The third-order valence-electron chi connectivity index (χ3n) is 5.37. The Hall–Kier alpha value is -3.11. The number of aromatic carboxylic acids is 1. The predicted octanol–water partition coefficient (Wildman–Crippen LogP) is 2.75. The summed E-state index contributed by atoms with van der Waals surface area (Å²) in [5, 5.41) is 12.6. The van der Waals surface area contributed by atoms with Crippen molar-refractivity contribution in [3.8, 4) is 5.75 Å². The molecule has 3 atom stereocenters. The van der Waals surface area contributed by atoms with Crippen molar-refractivity contribution >= 4 is 12.0 Å². The Morgan fingerprint density at radius 3 is 2.45 bits per heavy atom. The molecule has 154 valence electrons. The number of halogens is 3. The van der Waals surface area contributed by atoms with E-state index in [2.05, 4.69) is 10.1 Å². The highest BCUT2D eigenvalue weighted by molar-refractivity contribution is 5.86. The lowest BCUT2D eigenvalue weighted by atomic mass is 10.0. The first-order valence-electron chi connectivity index (χ1n) is 8.98. The van der Waals surface area contributed by atoms with E-state index < -0.39 is 23.7 Å². The van der Waals surface area contributed by atoms with Crippen LogP contribution >= 0.6 is 0 Å². The van der Waals surface area contributed by atoms with Gasteiger partial charge in [0.1, 0.15) is 11.3 Å². The maximum absolute atomic E-state index is 13.1. The maximum atomic E-state index is 13.1. The summed E-state index contributed by atoms with van der Waals surface area (Å²) in [7, 11) is 0. The van der Waals surface area contributed by atoms with Crippen LogP contribution in [0.5, 0.6) is 5.75 Å². The van der Waals surface area contributed by atoms with Crippen molar-refractivity contribution in [1.29, 1.82) is 0 Å². The number of hydrogen-bond donors (Lipinski definition) is 1. The van der Waals surface area contributed by atoms with Crippen molar-refractivity contribution in [3.05, 3.63) is 42.0 Å². The Balaban J connectivity index is 1.38. The van der Waals surface area contributed by atoms with Crippen LogP contribution in [-0.2, 0) is 6.18 Å². The van der Waals surface area contributed by atoms with E-state index in [0.717, 1.165) is 23.1 Å². The third-order valence-corrected chi connectivity index (χ3v) is 5.37. The first-order valence-corrected chi connectivity index (χ1v) is 8.98. The van der Waals surface area contributed by atoms with Crippen LogP contribution in [0.15, 0.2) is 30.7 Å². The monoisotopic (exact) mass is 410 g/mol. The van der Waals surface area contributed by atoms with Gasteiger partial charge in [0, 0.05) is 25.5 Å².